The summed E-state index contributed by atoms with van der Waals surface area (Å²) in [5.74, 6) is 0. The Bertz CT molecular complexity index is 264. The molecule has 0 aliphatic carbocycles. The van der Waals surface area contributed by atoms with Crippen LogP contribution >= 0.6 is 11.3 Å². The van der Waals surface area contributed by atoms with E-state index in [2.05, 4.69) is 22.6 Å². The molecule has 2 nitrogen and oxygen atoms in total. The minimum absolute atomic E-state index is 0.533. The number of thiazole rings is 1. The average Bonchev–Trinajstić information content (AvgIpc) is 2.67. The van der Waals surface area contributed by atoms with Crippen LogP contribution in [-0.4, -0.2) is 11.5 Å². The Morgan fingerprint density at radius 1 is 1.62 bits per heavy atom. The van der Waals surface area contributed by atoms with Gasteiger partial charge in [0.1, 0.15) is 0 Å². The molecule has 1 atom stereocenters. The van der Waals surface area contributed by atoms with Crippen molar-refractivity contribution >= 4 is 11.3 Å². The van der Waals surface area contributed by atoms with Gasteiger partial charge in [-0.2, -0.15) is 0 Å². The standard InChI is InChI=1S/C10H16N2S/c1-2-10-12-9(7-13-10)8-5-3-4-6-11-8/h7-8,11H,2-6H2,1H3. The molecular weight excluding hydrogens is 180 g/mol. The summed E-state index contributed by atoms with van der Waals surface area (Å²) in [4.78, 5) is 4.61. The predicted octanol–water partition coefficient (Wildman–Crippen LogP) is 2.52. The third-order valence-electron chi connectivity index (χ3n) is 2.54. The fourth-order valence-corrected chi connectivity index (χ4v) is 2.55. The monoisotopic (exact) mass is 196 g/mol. The van der Waals surface area contributed by atoms with E-state index >= 15 is 0 Å². The van der Waals surface area contributed by atoms with Crippen molar-refractivity contribution in [3.63, 3.8) is 0 Å². The first-order valence-corrected chi connectivity index (χ1v) is 5.96. The van der Waals surface area contributed by atoms with Gasteiger partial charge in [0.15, 0.2) is 0 Å². The number of aromatic nitrogens is 1. The van der Waals surface area contributed by atoms with Crippen LogP contribution < -0.4 is 5.32 Å². The van der Waals surface area contributed by atoms with Gasteiger partial charge in [-0.05, 0) is 25.8 Å². The van der Waals surface area contributed by atoms with Crippen LogP contribution in [0.3, 0.4) is 0 Å². The van der Waals surface area contributed by atoms with Gasteiger partial charge in [-0.1, -0.05) is 13.3 Å². The second-order valence-corrected chi connectivity index (χ2v) is 4.46. The summed E-state index contributed by atoms with van der Waals surface area (Å²) < 4.78 is 0. The Morgan fingerprint density at radius 3 is 3.15 bits per heavy atom. The molecular formula is C10H16N2S. The first-order chi connectivity index (χ1) is 6.40. The molecule has 0 amide bonds. The molecule has 1 aromatic rings. The first-order valence-electron chi connectivity index (χ1n) is 5.08. The topological polar surface area (TPSA) is 24.9 Å². The lowest BCUT2D eigenvalue weighted by Gasteiger charge is -2.21. The molecule has 0 spiro atoms. The summed E-state index contributed by atoms with van der Waals surface area (Å²) in [5, 5.41) is 6.99. The van der Waals surface area contributed by atoms with Gasteiger partial charge in [-0.25, -0.2) is 4.98 Å². The molecule has 3 heteroatoms. The molecule has 1 unspecified atom stereocenters. The number of aryl methyl sites for hydroxylation is 1. The van der Waals surface area contributed by atoms with E-state index in [1.54, 1.807) is 11.3 Å². The second-order valence-electron chi connectivity index (χ2n) is 3.52. The molecule has 0 saturated carbocycles. The van der Waals surface area contributed by atoms with Crippen LogP contribution in [0.15, 0.2) is 5.38 Å². The van der Waals surface area contributed by atoms with Gasteiger partial charge in [0.25, 0.3) is 0 Å². The molecule has 1 aliphatic rings. The molecule has 0 radical (unpaired) electrons. The highest BCUT2D eigenvalue weighted by atomic mass is 32.1. The minimum atomic E-state index is 0.533. The zero-order chi connectivity index (χ0) is 9.10. The molecule has 1 fully saturated rings. The lowest BCUT2D eigenvalue weighted by atomic mass is 10.0. The van der Waals surface area contributed by atoms with Gasteiger partial charge >= 0.3 is 0 Å². The summed E-state index contributed by atoms with van der Waals surface area (Å²) in [6.07, 6.45) is 4.99. The van der Waals surface area contributed by atoms with Crippen molar-refractivity contribution in [3.8, 4) is 0 Å². The van der Waals surface area contributed by atoms with E-state index in [1.807, 2.05) is 0 Å². The fourth-order valence-electron chi connectivity index (χ4n) is 1.75. The van der Waals surface area contributed by atoms with E-state index in [0.29, 0.717) is 6.04 Å². The highest BCUT2D eigenvalue weighted by Gasteiger charge is 2.16. The van der Waals surface area contributed by atoms with Gasteiger partial charge in [-0.3, -0.25) is 0 Å². The highest BCUT2D eigenvalue weighted by molar-refractivity contribution is 7.09. The van der Waals surface area contributed by atoms with Crippen LogP contribution in [0.25, 0.3) is 0 Å². The number of rotatable bonds is 2. The second kappa shape index (κ2) is 4.20. The average molecular weight is 196 g/mol. The van der Waals surface area contributed by atoms with Crippen LogP contribution in [0.2, 0.25) is 0 Å². The van der Waals surface area contributed by atoms with E-state index in [4.69, 9.17) is 0 Å². The molecule has 72 valence electrons. The van der Waals surface area contributed by atoms with E-state index < -0.39 is 0 Å². The summed E-state index contributed by atoms with van der Waals surface area (Å²) in [6, 6.07) is 0.533. The maximum absolute atomic E-state index is 4.61. The normalized spacial score (nSPS) is 23.3. The smallest absolute Gasteiger partial charge is 0.0926 e. The van der Waals surface area contributed by atoms with Crippen molar-refractivity contribution in [1.82, 2.24) is 10.3 Å². The zero-order valence-electron chi connectivity index (χ0n) is 8.05. The van der Waals surface area contributed by atoms with Crippen LogP contribution in [0.5, 0.6) is 0 Å². The molecule has 0 bridgehead atoms. The van der Waals surface area contributed by atoms with Crippen molar-refractivity contribution in [3.05, 3.63) is 16.1 Å². The molecule has 2 heterocycles. The van der Waals surface area contributed by atoms with Crippen LogP contribution in [0, 0.1) is 0 Å². The lowest BCUT2D eigenvalue weighted by molar-refractivity contribution is 0.406. The van der Waals surface area contributed by atoms with Crippen molar-refractivity contribution < 1.29 is 0 Å². The van der Waals surface area contributed by atoms with E-state index in [0.717, 1.165) is 13.0 Å². The highest BCUT2D eigenvalue weighted by Crippen LogP contribution is 2.24. The number of hydrogen-bond donors (Lipinski definition) is 1. The van der Waals surface area contributed by atoms with Crippen molar-refractivity contribution in [2.45, 2.75) is 38.6 Å². The van der Waals surface area contributed by atoms with E-state index in [9.17, 15) is 0 Å². The van der Waals surface area contributed by atoms with Crippen molar-refractivity contribution in [2.24, 2.45) is 0 Å². The van der Waals surface area contributed by atoms with Gasteiger partial charge in [0.05, 0.1) is 16.7 Å². The van der Waals surface area contributed by atoms with Gasteiger partial charge in [-0.15, -0.1) is 11.3 Å². The Hall–Kier alpha value is -0.410. The Labute approximate surface area is 83.4 Å². The minimum Gasteiger partial charge on any atom is -0.309 e. The van der Waals surface area contributed by atoms with E-state index in [1.165, 1.54) is 30.0 Å². The third kappa shape index (κ3) is 2.09. The number of nitrogens with zero attached hydrogens (tertiary/aromatic N) is 1. The van der Waals surface area contributed by atoms with E-state index in [-0.39, 0.29) is 0 Å². The quantitative estimate of drug-likeness (QED) is 0.786. The Morgan fingerprint density at radius 2 is 2.54 bits per heavy atom. The largest absolute Gasteiger partial charge is 0.309 e. The van der Waals surface area contributed by atoms with Gasteiger partial charge < -0.3 is 5.32 Å². The molecule has 1 N–H and O–H groups in total. The van der Waals surface area contributed by atoms with Gasteiger partial charge in [0, 0.05) is 5.38 Å². The fraction of sp³-hybridized carbons (Fsp3) is 0.700. The molecule has 13 heavy (non-hydrogen) atoms. The summed E-state index contributed by atoms with van der Waals surface area (Å²) in [6.45, 7) is 3.32. The molecule has 1 aliphatic heterocycles. The SMILES string of the molecule is CCc1nc(C2CCCCN2)cs1. The van der Waals surface area contributed by atoms with Crippen molar-refractivity contribution in [2.75, 3.05) is 6.54 Å². The molecule has 1 aromatic heterocycles. The van der Waals surface area contributed by atoms with Crippen LogP contribution in [0.4, 0.5) is 0 Å². The van der Waals surface area contributed by atoms with Crippen LogP contribution in [-0.2, 0) is 6.42 Å². The Balaban J connectivity index is 2.05. The maximum Gasteiger partial charge on any atom is 0.0926 e. The summed E-state index contributed by atoms with van der Waals surface area (Å²) in [5.41, 5.74) is 1.27. The number of hydrogen-bond acceptors (Lipinski definition) is 3. The van der Waals surface area contributed by atoms with Crippen LogP contribution in [0.1, 0.15) is 42.9 Å². The first kappa shape index (κ1) is 9.16. The predicted molar refractivity (Wildman–Crippen MR) is 56.1 cm³/mol. The molecule has 0 aromatic carbocycles. The summed E-state index contributed by atoms with van der Waals surface area (Å²) >= 11 is 1.79. The summed E-state index contributed by atoms with van der Waals surface area (Å²) in [7, 11) is 0. The Kier molecular flexibility index (Phi) is 2.96. The zero-order valence-corrected chi connectivity index (χ0v) is 8.86. The number of piperidine rings is 1. The third-order valence-corrected chi connectivity index (χ3v) is 3.55. The lowest BCUT2D eigenvalue weighted by Crippen LogP contribution is -2.26. The van der Waals surface area contributed by atoms with Gasteiger partial charge in [0.2, 0.25) is 0 Å². The molecule has 1 saturated heterocycles. The maximum atomic E-state index is 4.61. The molecule has 2 rings (SSSR count). The number of nitrogens with one attached hydrogen (secondary N) is 1. The van der Waals surface area contributed by atoms with Crippen molar-refractivity contribution in [1.29, 1.82) is 0 Å².